The van der Waals surface area contributed by atoms with Gasteiger partial charge >= 0.3 is 6.03 Å². The number of carbonyl (C=O) groups is 2. The molecule has 6 heteroatoms. The van der Waals surface area contributed by atoms with E-state index in [0.717, 1.165) is 18.4 Å². The molecular weight excluding hydrogens is 258 g/mol. The van der Waals surface area contributed by atoms with Crippen LogP contribution >= 0.6 is 0 Å². The first kappa shape index (κ1) is 14.3. The van der Waals surface area contributed by atoms with Gasteiger partial charge in [-0.15, -0.1) is 0 Å². The lowest BCUT2D eigenvalue weighted by Gasteiger charge is -2.15. The van der Waals surface area contributed by atoms with Crippen LogP contribution in [-0.4, -0.2) is 24.5 Å². The average Bonchev–Trinajstić information content (AvgIpc) is 2.65. The number of urea groups is 1. The molecule has 1 atom stereocenters. The molecule has 0 aliphatic carbocycles. The lowest BCUT2D eigenvalue weighted by molar-refractivity contribution is -0.122. The highest BCUT2D eigenvalue weighted by Crippen LogP contribution is 2.05. The Morgan fingerprint density at radius 3 is 2.90 bits per heavy atom. The molecule has 1 heterocycles. The van der Waals surface area contributed by atoms with Crippen LogP contribution in [0, 0.1) is 0 Å². The smallest absolute Gasteiger partial charge is 0.339 e. The number of hydrogen-bond donors (Lipinski definition) is 3. The molecule has 1 aromatic rings. The SMILES string of the molecule is O=C(NOCc1ccccc1)N[C@H]1CCCCNC1=O. The molecule has 0 spiro atoms. The molecule has 0 unspecified atom stereocenters. The summed E-state index contributed by atoms with van der Waals surface area (Å²) in [6.45, 7) is 0.953. The number of rotatable bonds is 4. The molecule has 1 aromatic carbocycles. The summed E-state index contributed by atoms with van der Waals surface area (Å²) in [4.78, 5) is 28.4. The second-order valence-corrected chi connectivity index (χ2v) is 4.69. The van der Waals surface area contributed by atoms with E-state index in [1.807, 2.05) is 30.3 Å². The Morgan fingerprint density at radius 2 is 2.10 bits per heavy atom. The van der Waals surface area contributed by atoms with Crippen LogP contribution < -0.4 is 16.1 Å². The Labute approximate surface area is 117 Å². The van der Waals surface area contributed by atoms with E-state index >= 15 is 0 Å². The third kappa shape index (κ3) is 4.55. The average molecular weight is 277 g/mol. The summed E-state index contributed by atoms with van der Waals surface area (Å²) in [6.07, 6.45) is 2.50. The summed E-state index contributed by atoms with van der Waals surface area (Å²) in [5.74, 6) is -0.138. The van der Waals surface area contributed by atoms with E-state index in [9.17, 15) is 9.59 Å². The summed E-state index contributed by atoms with van der Waals surface area (Å²) in [5, 5.41) is 5.37. The molecule has 6 nitrogen and oxygen atoms in total. The lowest BCUT2D eigenvalue weighted by Crippen LogP contribution is -2.49. The van der Waals surface area contributed by atoms with Crippen LogP contribution in [-0.2, 0) is 16.2 Å². The number of hydroxylamine groups is 1. The van der Waals surface area contributed by atoms with E-state index in [0.29, 0.717) is 13.0 Å². The Morgan fingerprint density at radius 1 is 1.30 bits per heavy atom. The van der Waals surface area contributed by atoms with Gasteiger partial charge in [0.15, 0.2) is 0 Å². The topological polar surface area (TPSA) is 79.5 Å². The van der Waals surface area contributed by atoms with Gasteiger partial charge in [-0.25, -0.2) is 10.3 Å². The zero-order valence-corrected chi connectivity index (χ0v) is 11.2. The molecule has 0 radical (unpaired) electrons. The molecule has 3 amide bonds. The minimum atomic E-state index is -0.497. The van der Waals surface area contributed by atoms with Crippen molar-refractivity contribution in [3.8, 4) is 0 Å². The van der Waals surface area contributed by atoms with Crippen molar-refractivity contribution in [1.82, 2.24) is 16.1 Å². The van der Waals surface area contributed by atoms with Gasteiger partial charge < -0.3 is 10.6 Å². The van der Waals surface area contributed by atoms with Gasteiger partial charge in [0.2, 0.25) is 5.91 Å². The molecule has 1 saturated heterocycles. The van der Waals surface area contributed by atoms with Gasteiger partial charge in [-0.05, 0) is 24.8 Å². The maximum Gasteiger partial charge on any atom is 0.339 e. The Kier molecular flexibility index (Phi) is 5.37. The van der Waals surface area contributed by atoms with Crippen molar-refractivity contribution in [3.05, 3.63) is 35.9 Å². The van der Waals surface area contributed by atoms with Crippen LogP contribution in [0.5, 0.6) is 0 Å². The monoisotopic (exact) mass is 277 g/mol. The normalized spacial score (nSPS) is 18.8. The van der Waals surface area contributed by atoms with Crippen LogP contribution in [0.4, 0.5) is 4.79 Å². The van der Waals surface area contributed by atoms with Crippen molar-refractivity contribution < 1.29 is 14.4 Å². The summed E-state index contributed by atoms with van der Waals surface area (Å²) in [5.41, 5.74) is 3.25. The zero-order valence-electron chi connectivity index (χ0n) is 11.2. The second-order valence-electron chi connectivity index (χ2n) is 4.69. The minimum absolute atomic E-state index is 0.138. The Bertz CT molecular complexity index is 450. The number of hydrogen-bond acceptors (Lipinski definition) is 3. The fourth-order valence-electron chi connectivity index (χ4n) is 2.02. The van der Waals surface area contributed by atoms with E-state index in [1.54, 1.807) is 0 Å². The molecule has 1 fully saturated rings. The van der Waals surface area contributed by atoms with Crippen molar-refractivity contribution in [2.45, 2.75) is 31.9 Å². The third-order valence-electron chi connectivity index (χ3n) is 3.09. The van der Waals surface area contributed by atoms with Gasteiger partial charge in [0.05, 0.1) is 6.61 Å². The quantitative estimate of drug-likeness (QED) is 0.721. The predicted octanol–water partition coefficient (Wildman–Crippen LogP) is 1.09. The van der Waals surface area contributed by atoms with E-state index in [4.69, 9.17) is 4.84 Å². The molecule has 0 saturated carbocycles. The number of carbonyl (C=O) groups excluding carboxylic acids is 2. The highest BCUT2D eigenvalue weighted by molar-refractivity contribution is 5.86. The van der Waals surface area contributed by atoms with E-state index in [1.165, 1.54) is 0 Å². The Hall–Kier alpha value is -2.08. The standard InChI is InChI=1S/C14H19N3O3/c18-13-12(8-4-5-9-15-13)16-14(19)17-20-10-11-6-2-1-3-7-11/h1-3,6-7,12H,4-5,8-10H2,(H,15,18)(H2,16,17,19)/t12-/m0/s1. The van der Waals surface area contributed by atoms with Crippen molar-refractivity contribution >= 4 is 11.9 Å². The van der Waals surface area contributed by atoms with E-state index in [2.05, 4.69) is 16.1 Å². The fraction of sp³-hybridized carbons (Fsp3) is 0.429. The van der Waals surface area contributed by atoms with Crippen LogP contribution in [0.15, 0.2) is 30.3 Å². The van der Waals surface area contributed by atoms with Crippen LogP contribution in [0.25, 0.3) is 0 Å². The number of amides is 3. The van der Waals surface area contributed by atoms with Crippen molar-refractivity contribution in [3.63, 3.8) is 0 Å². The Balaban J connectivity index is 1.70. The maximum absolute atomic E-state index is 11.7. The molecular formula is C14H19N3O3. The number of nitrogens with one attached hydrogen (secondary N) is 3. The first-order valence-electron chi connectivity index (χ1n) is 6.75. The first-order chi connectivity index (χ1) is 9.75. The largest absolute Gasteiger partial charge is 0.354 e. The fourth-order valence-corrected chi connectivity index (χ4v) is 2.02. The first-order valence-corrected chi connectivity index (χ1v) is 6.75. The minimum Gasteiger partial charge on any atom is -0.354 e. The van der Waals surface area contributed by atoms with Gasteiger partial charge in [-0.1, -0.05) is 30.3 Å². The molecule has 1 aliphatic heterocycles. The maximum atomic E-state index is 11.7. The van der Waals surface area contributed by atoms with Gasteiger partial charge in [-0.2, -0.15) is 0 Å². The molecule has 0 bridgehead atoms. The predicted molar refractivity (Wildman–Crippen MR) is 73.5 cm³/mol. The lowest BCUT2D eigenvalue weighted by atomic mass is 10.1. The van der Waals surface area contributed by atoms with E-state index < -0.39 is 12.1 Å². The molecule has 3 N–H and O–H groups in total. The molecule has 0 aromatic heterocycles. The van der Waals surface area contributed by atoms with Gasteiger partial charge in [-0.3, -0.25) is 9.63 Å². The van der Waals surface area contributed by atoms with Crippen molar-refractivity contribution in [1.29, 1.82) is 0 Å². The second kappa shape index (κ2) is 7.49. The van der Waals surface area contributed by atoms with Crippen molar-refractivity contribution in [2.75, 3.05) is 6.54 Å². The highest BCUT2D eigenvalue weighted by Gasteiger charge is 2.22. The molecule has 1 aliphatic rings. The highest BCUT2D eigenvalue weighted by atomic mass is 16.7. The summed E-state index contributed by atoms with van der Waals surface area (Å²) in [7, 11) is 0. The van der Waals surface area contributed by atoms with Crippen LogP contribution in [0.3, 0.4) is 0 Å². The molecule has 108 valence electrons. The molecule has 20 heavy (non-hydrogen) atoms. The zero-order chi connectivity index (χ0) is 14.2. The molecule has 2 rings (SSSR count). The summed E-state index contributed by atoms with van der Waals surface area (Å²) in [6, 6.07) is 8.52. The van der Waals surface area contributed by atoms with Gasteiger partial charge in [0.25, 0.3) is 0 Å². The van der Waals surface area contributed by atoms with Crippen LogP contribution in [0.1, 0.15) is 24.8 Å². The van der Waals surface area contributed by atoms with Crippen molar-refractivity contribution in [2.24, 2.45) is 0 Å². The summed E-state index contributed by atoms with van der Waals surface area (Å²) < 4.78 is 0. The summed E-state index contributed by atoms with van der Waals surface area (Å²) >= 11 is 0. The third-order valence-corrected chi connectivity index (χ3v) is 3.09. The van der Waals surface area contributed by atoms with Gasteiger partial charge in [0.1, 0.15) is 6.04 Å². The van der Waals surface area contributed by atoms with E-state index in [-0.39, 0.29) is 12.5 Å². The van der Waals surface area contributed by atoms with Crippen LogP contribution in [0.2, 0.25) is 0 Å². The number of benzene rings is 1. The van der Waals surface area contributed by atoms with Gasteiger partial charge in [0, 0.05) is 6.54 Å².